The molecule has 0 aliphatic heterocycles. The second kappa shape index (κ2) is 11.2. The van der Waals surface area contributed by atoms with Crippen molar-refractivity contribution >= 4 is 11.9 Å². The van der Waals surface area contributed by atoms with E-state index in [4.69, 9.17) is 4.74 Å². The molecule has 0 radical (unpaired) electrons. The molecule has 0 aliphatic carbocycles. The minimum absolute atomic E-state index is 0.311. The Morgan fingerprint density at radius 2 is 1.61 bits per heavy atom. The Morgan fingerprint density at radius 1 is 0.944 bits per heavy atom. The highest BCUT2D eigenvalue weighted by Crippen LogP contribution is 2.13. The van der Waals surface area contributed by atoms with Crippen molar-refractivity contribution in [3.63, 3.8) is 0 Å². The molecule has 0 aromatic heterocycles. The fourth-order valence-corrected chi connectivity index (χ4v) is 1.85. The summed E-state index contributed by atoms with van der Waals surface area (Å²) in [5.41, 5.74) is 0. The molecule has 106 valence electrons. The van der Waals surface area contributed by atoms with Crippen LogP contribution in [-0.4, -0.2) is 11.9 Å². The number of hydrogen-bond donors (Lipinski definition) is 0. The van der Waals surface area contributed by atoms with E-state index in [-0.39, 0.29) is 11.9 Å². The zero-order chi connectivity index (χ0) is 13.8. The number of esters is 2. The van der Waals surface area contributed by atoms with Gasteiger partial charge in [-0.25, -0.2) is 0 Å². The van der Waals surface area contributed by atoms with E-state index in [0.29, 0.717) is 18.8 Å². The van der Waals surface area contributed by atoms with Crippen molar-refractivity contribution in [1.29, 1.82) is 0 Å². The lowest BCUT2D eigenvalue weighted by atomic mass is 10.0. The van der Waals surface area contributed by atoms with Gasteiger partial charge in [-0.3, -0.25) is 9.59 Å². The monoisotopic (exact) mass is 256 g/mol. The molecule has 1 unspecified atom stereocenters. The molecule has 0 N–H and O–H groups in total. The molecule has 0 saturated carbocycles. The quantitative estimate of drug-likeness (QED) is 0.333. The van der Waals surface area contributed by atoms with E-state index < -0.39 is 0 Å². The molecular weight excluding hydrogens is 228 g/mol. The number of hydrogen-bond acceptors (Lipinski definition) is 3. The van der Waals surface area contributed by atoms with E-state index in [9.17, 15) is 9.59 Å². The summed E-state index contributed by atoms with van der Waals surface area (Å²) in [4.78, 5) is 22.8. The van der Waals surface area contributed by atoms with Crippen LogP contribution < -0.4 is 0 Å². The lowest BCUT2D eigenvalue weighted by Gasteiger charge is -2.09. The zero-order valence-corrected chi connectivity index (χ0v) is 12.2. The first-order valence-electron chi connectivity index (χ1n) is 7.33. The normalized spacial score (nSPS) is 12.2. The van der Waals surface area contributed by atoms with Crippen LogP contribution >= 0.6 is 0 Å². The fraction of sp³-hybridized carbons (Fsp3) is 0.867. The van der Waals surface area contributed by atoms with Crippen molar-refractivity contribution in [2.45, 2.75) is 78.6 Å². The second-order valence-electron chi connectivity index (χ2n) is 5.11. The van der Waals surface area contributed by atoms with E-state index in [1.807, 2.05) is 6.92 Å². The van der Waals surface area contributed by atoms with E-state index in [1.165, 1.54) is 0 Å². The average molecular weight is 256 g/mol. The number of carbonyl (C=O) groups excluding carboxylic acids is 2. The highest BCUT2D eigenvalue weighted by molar-refractivity contribution is 5.85. The molecule has 3 nitrogen and oxygen atoms in total. The molecule has 0 bridgehead atoms. The molecule has 18 heavy (non-hydrogen) atoms. The topological polar surface area (TPSA) is 43.4 Å². The van der Waals surface area contributed by atoms with Gasteiger partial charge in [-0.05, 0) is 12.3 Å². The molecule has 0 amide bonds. The van der Waals surface area contributed by atoms with Crippen molar-refractivity contribution in [3.05, 3.63) is 0 Å². The lowest BCUT2D eigenvalue weighted by Crippen LogP contribution is -2.14. The van der Waals surface area contributed by atoms with Crippen LogP contribution in [0.2, 0.25) is 0 Å². The summed E-state index contributed by atoms with van der Waals surface area (Å²) in [5.74, 6) is -0.414. The average Bonchev–Trinajstić information content (AvgIpc) is 2.31. The predicted molar refractivity (Wildman–Crippen MR) is 73.2 cm³/mol. The van der Waals surface area contributed by atoms with Gasteiger partial charge in [0.05, 0.1) is 0 Å². The molecule has 3 heteroatoms. The summed E-state index contributed by atoms with van der Waals surface area (Å²) >= 11 is 0. The van der Waals surface area contributed by atoms with Gasteiger partial charge in [-0.1, -0.05) is 59.3 Å². The number of ether oxygens (including phenoxy) is 1. The molecule has 0 aromatic rings. The largest absolute Gasteiger partial charge is 0.393 e. The Kier molecular flexibility index (Phi) is 10.7. The maximum Gasteiger partial charge on any atom is 0.313 e. The van der Waals surface area contributed by atoms with E-state index in [1.54, 1.807) is 0 Å². The summed E-state index contributed by atoms with van der Waals surface area (Å²) in [6, 6.07) is 0. The lowest BCUT2D eigenvalue weighted by molar-refractivity contribution is -0.160. The highest BCUT2D eigenvalue weighted by atomic mass is 16.6. The van der Waals surface area contributed by atoms with Crippen LogP contribution in [0, 0.1) is 5.92 Å². The number of carbonyl (C=O) groups is 2. The van der Waals surface area contributed by atoms with Crippen molar-refractivity contribution in [1.82, 2.24) is 0 Å². The first-order valence-corrected chi connectivity index (χ1v) is 7.33. The molecule has 1 atom stereocenters. The van der Waals surface area contributed by atoms with Gasteiger partial charge in [0.1, 0.15) is 0 Å². The molecule has 0 heterocycles. The Bertz CT molecular complexity index is 236. The fourth-order valence-electron chi connectivity index (χ4n) is 1.85. The summed E-state index contributed by atoms with van der Waals surface area (Å²) in [7, 11) is 0. The minimum Gasteiger partial charge on any atom is -0.393 e. The van der Waals surface area contributed by atoms with Gasteiger partial charge < -0.3 is 4.74 Å². The smallest absolute Gasteiger partial charge is 0.313 e. The summed E-state index contributed by atoms with van der Waals surface area (Å²) in [5, 5.41) is 0. The summed E-state index contributed by atoms with van der Waals surface area (Å²) < 4.78 is 4.80. The van der Waals surface area contributed by atoms with Crippen molar-refractivity contribution < 1.29 is 14.3 Å². The molecule has 0 rings (SSSR count). The van der Waals surface area contributed by atoms with Crippen LogP contribution in [0.4, 0.5) is 0 Å². The van der Waals surface area contributed by atoms with Gasteiger partial charge in [0, 0.05) is 12.8 Å². The van der Waals surface area contributed by atoms with E-state index in [2.05, 4.69) is 13.8 Å². The zero-order valence-electron chi connectivity index (χ0n) is 12.2. The van der Waals surface area contributed by atoms with Crippen LogP contribution in [0.3, 0.4) is 0 Å². The number of rotatable bonds is 10. The van der Waals surface area contributed by atoms with Gasteiger partial charge in [0.15, 0.2) is 0 Å². The molecular formula is C15H28O3. The minimum atomic E-state index is -0.362. The summed E-state index contributed by atoms with van der Waals surface area (Å²) in [6.07, 6.45) is 8.15. The maximum absolute atomic E-state index is 11.5. The van der Waals surface area contributed by atoms with Crippen molar-refractivity contribution in [2.75, 3.05) is 0 Å². The Hall–Kier alpha value is -0.860. The number of unbranched alkanes of at least 4 members (excludes halogenated alkanes) is 4. The van der Waals surface area contributed by atoms with Crippen molar-refractivity contribution in [2.24, 2.45) is 5.92 Å². The van der Waals surface area contributed by atoms with E-state index >= 15 is 0 Å². The van der Waals surface area contributed by atoms with Crippen molar-refractivity contribution in [3.8, 4) is 0 Å². The van der Waals surface area contributed by atoms with Crippen LogP contribution in [0.25, 0.3) is 0 Å². The second-order valence-corrected chi connectivity index (χ2v) is 5.11. The first kappa shape index (κ1) is 17.1. The predicted octanol–water partition coefficient (Wildman–Crippen LogP) is 4.24. The standard InChI is InChI=1S/C15H28O3/c1-4-6-8-9-11-14(16)18-15(17)12-13(3)10-7-5-2/h13H,4-12H2,1-3H3. The molecule has 0 spiro atoms. The third kappa shape index (κ3) is 10.3. The molecule has 0 aliphatic rings. The Balaban J connectivity index is 3.63. The van der Waals surface area contributed by atoms with Crippen LogP contribution in [0.1, 0.15) is 78.6 Å². The Labute approximate surface area is 111 Å². The van der Waals surface area contributed by atoms with Crippen LogP contribution in [-0.2, 0) is 14.3 Å². The molecule has 0 aromatic carbocycles. The van der Waals surface area contributed by atoms with Crippen LogP contribution in [0.15, 0.2) is 0 Å². The maximum atomic E-state index is 11.5. The first-order chi connectivity index (χ1) is 8.60. The molecule has 0 saturated heterocycles. The molecule has 0 fully saturated rings. The van der Waals surface area contributed by atoms with Gasteiger partial charge in [-0.15, -0.1) is 0 Å². The van der Waals surface area contributed by atoms with Gasteiger partial charge in [0.25, 0.3) is 0 Å². The highest BCUT2D eigenvalue weighted by Gasteiger charge is 2.13. The third-order valence-corrected chi connectivity index (χ3v) is 3.03. The Morgan fingerprint density at radius 3 is 2.22 bits per heavy atom. The van der Waals surface area contributed by atoms with Gasteiger partial charge in [-0.2, -0.15) is 0 Å². The van der Waals surface area contributed by atoms with Gasteiger partial charge >= 0.3 is 11.9 Å². The van der Waals surface area contributed by atoms with Gasteiger partial charge in [0.2, 0.25) is 0 Å². The SMILES string of the molecule is CCCCCCC(=O)OC(=O)CC(C)CCCC. The summed E-state index contributed by atoms with van der Waals surface area (Å²) in [6.45, 7) is 6.28. The van der Waals surface area contributed by atoms with E-state index in [0.717, 1.165) is 44.9 Å². The van der Waals surface area contributed by atoms with Crippen LogP contribution in [0.5, 0.6) is 0 Å². The third-order valence-electron chi connectivity index (χ3n) is 3.03.